The van der Waals surface area contributed by atoms with E-state index in [1.54, 1.807) is 20.4 Å². The monoisotopic (exact) mass is 373 g/mol. The molecule has 0 amide bonds. The van der Waals surface area contributed by atoms with Gasteiger partial charge >= 0.3 is 0 Å². The first-order valence-electron chi connectivity index (χ1n) is 8.22. The van der Waals surface area contributed by atoms with Crippen LogP contribution in [0.3, 0.4) is 0 Å². The zero-order valence-electron chi connectivity index (χ0n) is 14.9. The number of hydrogen-bond donors (Lipinski definition) is 2. The summed E-state index contributed by atoms with van der Waals surface area (Å²) in [6.45, 7) is 1.13. The molecule has 0 atom stereocenters. The number of methoxy groups -OCH3 is 1. The number of para-hydroxylation sites is 2. The Bertz CT molecular complexity index is 720. The van der Waals surface area contributed by atoms with E-state index in [-0.39, 0.29) is 0 Å². The number of thiocarbonyl (C=S) groups is 1. The third-order valence-electron chi connectivity index (χ3n) is 3.37. The van der Waals surface area contributed by atoms with E-state index < -0.39 is 0 Å². The molecule has 0 fully saturated rings. The summed E-state index contributed by atoms with van der Waals surface area (Å²) >= 11 is 4.93. The number of hydrogen-bond acceptors (Lipinski definition) is 5. The molecular formula is C19H23N3O3S. The minimum atomic E-state index is 0.469. The fourth-order valence-electron chi connectivity index (χ4n) is 2.04. The third-order valence-corrected chi connectivity index (χ3v) is 3.67. The average molecular weight is 373 g/mol. The lowest BCUT2D eigenvalue weighted by Crippen LogP contribution is -2.28. The Morgan fingerprint density at radius 2 is 1.73 bits per heavy atom. The first-order chi connectivity index (χ1) is 12.7. The van der Waals surface area contributed by atoms with E-state index in [1.807, 2.05) is 48.5 Å². The van der Waals surface area contributed by atoms with E-state index in [1.165, 1.54) is 0 Å². The minimum absolute atomic E-state index is 0.469. The van der Waals surface area contributed by atoms with E-state index in [4.69, 9.17) is 26.4 Å². The van der Waals surface area contributed by atoms with Crippen LogP contribution in [0, 0.1) is 0 Å². The number of nitrogens with one attached hydrogen (secondary N) is 2. The zero-order valence-corrected chi connectivity index (χ0v) is 15.7. The normalized spacial score (nSPS) is 10.4. The van der Waals surface area contributed by atoms with Crippen molar-refractivity contribution < 1.29 is 14.2 Å². The van der Waals surface area contributed by atoms with Crippen molar-refractivity contribution in [2.45, 2.75) is 6.42 Å². The topological polar surface area (TPSA) is 64.1 Å². The van der Waals surface area contributed by atoms with Crippen LogP contribution in [0.15, 0.2) is 53.6 Å². The Labute approximate surface area is 159 Å². The molecule has 0 bridgehead atoms. The largest absolute Gasteiger partial charge is 0.493 e. The lowest BCUT2D eigenvalue weighted by molar-refractivity contribution is 0.240. The van der Waals surface area contributed by atoms with Crippen LogP contribution in [0.1, 0.15) is 12.0 Å². The van der Waals surface area contributed by atoms with Crippen molar-refractivity contribution in [3.63, 3.8) is 0 Å². The molecule has 0 aliphatic rings. The molecule has 0 saturated heterocycles. The first kappa shape index (κ1) is 19.5. The highest BCUT2D eigenvalue weighted by Crippen LogP contribution is 2.25. The Morgan fingerprint density at radius 3 is 2.42 bits per heavy atom. The van der Waals surface area contributed by atoms with Gasteiger partial charge in [-0.25, -0.2) is 0 Å². The van der Waals surface area contributed by atoms with Crippen LogP contribution in [-0.2, 0) is 0 Å². The zero-order chi connectivity index (χ0) is 18.6. The second kappa shape index (κ2) is 10.9. The summed E-state index contributed by atoms with van der Waals surface area (Å²) in [6.07, 6.45) is 2.46. The molecule has 138 valence electrons. The number of nitrogens with zero attached hydrogens (tertiary/aromatic N) is 1. The second-order valence-corrected chi connectivity index (χ2v) is 5.63. The minimum Gasteiger partial charge on any atom is -0.493 e. The van der Waals surface area contributed by atoms with Crippen LogP contribution in [0.4, 0.5) is 0 Å². The molecule has 26 heavy (non-hydrogen) atoms. The van der Waals surface area contributed by atoms with Gasteiger partial charge in [-0.3, -0.25) is 5.43 Å². The molecule has 6 nitrogen and oxygen atoms in total. The quantitative estimate of drug-likeness (QED) is 0.305. The lowest BCUT2D eigenvalue weighted by atomic mass is 10.2. The van der Waals surface area contributed by atoms with E-state index in [0.717, 1.165) is 29.2 Å². The predicted octanol–water partition coefficient (Wildman–Crippen LogP) is 2.97. The maximum absolute atomic E-state index is 5.71. The molecule has 7 heteroatoms. The molecule has 0 aliphatic carbocycles. The van der Waals surface area contributed by atoms with Crippen LogP contribution in [0.5, 0.6) is 17.2 Å². The fourth-order valence-corrected chi connectivity index (χ4v) is 2.09. The number of ether oxygens (including phenoxy) is 3. The number of rotatable bonds is 9. The standard InChI is InChI=1S/C19H23N3O3S/c1-20-19(26)22-21-14-15-8-10-16(11-9-15)24-12-5-13-25-18-7-4-3-6-17(18)23-2/h3-4,6-11,14H,5,12-13H2,1-2H3,(H2,20,22,26)/b21-14-. The first-order valence-corrected chi connectivity index (χ1v) is 8.63. The maximum atomic E-state index is 5.71. The van der Waals surface area contributed by atoms with Gasteiger partial charge in [0.15, 0.2) is 16.6 Å². The van der Waals surface area contributed by atoms with E-state index in [2.05, 4.69) is 15.8 Å². The van der Waals surface area contributed by atoms with Gasteiger partial charge < -0.3 is 19.5 Å². The van der Waals surface area contributed by atoms with Crippen molar-refractivity contribution in [3.05, 3.63) is 54.1 Å². The molecule has 0 aliphatic heterocycles. The van der Waals surface area contributed by atoms with Crippen LogP contribution < -0.4 is 25.0 Å². The van der Waals surface area contributed by atoms with Crippen molar-refractivity contribution in [2.75, 3.05) is 27.4 Å². The maximum Gasteiger partial charge on any atom is 0.186 e. The predicted molar refractivity (Wildman–Crippen MR) is 107 cm³/mol. The highest BCUT2D eigenvalue weighted by atomic mass is 32.1. The Kier molecular flexibility index (Phi) is 8.21. The van der Waals surface area contributed by atoms with Crippen molar-refractivity contribution in [1.29, 1.82) is 0 Å². The van der Waals surface area contributed by atoms with Gasteiger partial charge in [-0.2, -0.15) is 5.10 Å². The van der Waals surface area contributed by atoms with Crippen LogP contribution in [0.25, 0.3) is 0 Å². The number of hydrazone groups is 1. The molecule has 0 heterocycles. The van der Waals surface area contributed by atoms with Crippen molar-refractivity contribution >= 4 is 23.5 Å². The summed E-state index contributed by atoms with van der Waals surface area (Å²) in [6, 6.07) is 15.2. The van der Waals surface area contributed by atoms with Crippen LogP contribution in [0.2, 0.25) is 0 Å². The Hall–Kier alpha value is -2.80. The smallest absolute Gasteiger partial charge is 0.186 e. The van der Waals surface area contributed by atoms with E-state index in [9.17, 15) is 0 Å². The summed E-state index contributed by atoms with van der Waals surface area (Å²) in [5.41, 5.74) is 3.65. The number of benzene rings is 2. The average Bonchev–Trinajstić information content (AvgIpc) is 2.69. The molecule has 2 aromatic rings. The molecule has 2 aromatic carbocycles. The van der Waals surface area contributed by atoms with Crippen molar-refractivity contribution in [2.24, 2.45) is 5.10 Å². The van der Waals surface area contributed by atoms with Crippen LogP contribution >= 0.6 is 12.2 Å². The van der Waals surface area contributed by atoms with Gasteiger partial charge in [-0.1, -0.05) is 12.1 Å². The summed E-state index contributed by atoms with van der Waals surface area (Å²) in [5, 5.41) is 7.27. The van der Waals surface area contributed by atoms with Gasteiger partial charge in [-0.15, -0.1) is 0 Å². The van der Waals surface area contributed by atoms with Crippen molar-refractivity contribution in [1.82, 2.24) is 10.7 Å². The molecule has 2 N–H and O–H groups in total. The van der Waals surface area contributed by atoms with Crippen molar-refractivity contribution in [3.8, 4) is 17.2 Å². The summed E-state index contributed by atoms with van der Waals surface area (Å²) in [7, 11) is 3.36. The van der Waals surface area contributed by atoms with E-state index in [0.29, 0.717) is 18.3 Å². The van der Waals surface area contributed by atoms with Gasteiger partial charge in [0.05, 0.1) is 26.5 Å². The Morgan fingerprint density at radius 1 is 1.04 bits per heavy atom. The third kappa shape index (κ3) is 6.60. The van der Waals surface area contributed by atoms with Gasteiger partial charge in [0.1, 0.15) is 5.75 Å². The second-order valence-electron chi connectivity index (χ2n) is 5.22. The highest BCUT2D eigenvalue weighted by molar-refractivity contribution is 7.80. The summed E-state index contributed by atoms with van der Waals surface area (Å²) in [5.74, 6) is 2.28. The van der Waals surface area contributed by atoms with Gasteiger partial charge in [0.25, 0.3) is 0 Å². The molecule has 0 saturated carbocycles. The Balaban J connectivity index is 1.69. The van der Waals surface area contributed by atoms with E-state index >= 15 is 0 Å². The van der Waals surface area contributed by atoms with Gasteiger partial charge in [-0.05, 0) is 54.2 Å². The summed E-state index contributed by atoms with van der Waals surface area (Å²) < 4.78 is 16.7. The summed E-state index contributed by atoms with van der Waals surface area (Å²) in [4.78, 5) is 0. The highest BCUT2D eigenvalue weighted by Gasteiger charge is 2.02. The lowest BCUT2D eigenvalue weighted by Gasteiger charge is -2.10. The molecule has 0 unspecified atom stereocenters. The van der Waals surface area contributed by atoms with Gasteiger partial charge in [0.2, 0.25) is 0 Å². The molecule has 0 spiro atoms. The fraction of sp³-hybridized carbons (Fsp3) is 0.263. The van der Waals surface area contributed by atoms with Crippen LogP contribution in [-0.4, -0.2) is 38.7 Å². The van der Waals surface area contributed by atoms with Gasteiger partial charge in [0, 0.05) is 13.5 Å². The molecule has 0 aromatic heterocycles. The SMILES string of the molecule is CNC(=S)N/N=C\c1ccc(OCCCOc2ccccc2OC)cc1. The molecule has 2 rings (SSSR count). The molecular weight excluding hydrogens is 350 g/mol. The molecule has 0 radical (unpaired) electrons.